The van der Waals surface area contributed by atoms with Gasteiger partial charge in [-0.05, 0) is 43.9 Å². The molecule has 1 aromatic carbocycles. The number of hydrogen-bond acceptors (Lipinski definition) is 4. The van der Waals surface area contributed by atoms with Gasteiger partial charge >= 0.3 is 0 Å². The van der Waals surface area contributed by atoms with Crippen molar-refractivity contribution in [2.24, 2.45) is 11.7 Å². The number of fused-ring (bicyclic) bond motifs is 1. The molecule has 1 saturated carbocycles. The summed E-state index contributed by atoms with van der Waals surface area (Å²) >= 11 is 3.56. The van der Waals surface area contributed by atoms with E-state index in [4.69, 9.17) is 15.2 Å². The minimum atomic E-state index is -0.106. The third kappa shape index (κ3) is 4.35. The lowest BCUT2D eigenvalue weighted by Gasteiger charge is -2.28. The summed E-state index contributed by atoms with van der Waals surface area (Å²) in [6.45, 7) is 3.10. The molecule has 24 heavy (non-hydrogen) atoms. The molecule has 1 aromatic rings. The van der Waals surface area contributed by atoms with Gasteiger partial charge in [0.25, 0.3) is 0 Å². The molecule has 0 saturated heterocycles. The first-order valence-corrected chi connectivity index (χ1v) is 8.99. The van der Waals surface area contributed by atoms with E-state index in [0.29, 0.717) is 13.2 Å². The van der Waals surface area contributed by atoms with E-state index in [1.165, 1.54) is 0 Å². The van der Waals surface area contributed by atoms with Gasteiger partial charge in [-0.2, -0.15) is 0 Å². The molecular weight excluding hydrogens is 396 g/mol. The zero-order valence-corrected chi connectivity index (χ0v) is 16.1. The highest BCUT2D eigenvalue weighted by Gasteiger charge is 2.27. The van der Waals surface area contributed by atoms with Gasteiger partial charge in [-0.1, -0.05) is 22.4 Å². The van der Waals surface area contributed by atoms with Crippen molar-refractivity contribution in [1.29, 1.82) is 0 Å². The highest BCUT2D eigenvalue weighted by Crippen LogP contribution is 2.38. The van der Waals surface area contributed by atoms with Crippen molar-refractivity contribution in [2.45, 2.75) is 44.7 Å². The molecule has 0 radical (unpaired) electrons. The number of rotatable bonds is 3. The predicted molar refractivity (Wildman–Crippen MR) is 98.9 cm³/mol. The largest absolute Gasteiger partial charge is 0.486 e. The van der Waals surface area contributed by atoms with Crippen molar-refractivity contribution < 1.29 is 14.3 Å². The zero-order chi connectivity index (χ0) is 16.4. The Kier molecular flexibility index (Phi) is 6.78. The zero-order valence-electron chi connectivity index (χ0n) is 13.7. The maximum Gasteiger partial charge on any atom is 0.223 e. The van der Waals surface area contributed by atoms with Crippen LogP contribution < -0.4 is 20.5 Å². The van der Waals surface area contributed by atoms with Gasteiger partial charge in [0.15, 0.2) is 11.5 Å². The Morgan fingerprint density at radius 2 is 1.96 bits per heavy atom. The number of nitrogens with two attached hydrogens (primary N) is 1. The fourth-order valence-corrected chi connectivity index (χ4v) is 3.95. The number of carbonyl (C=O) groups excluding carboxylic acids is 1. The molecule has 1 aliphatic carbocycles. The van der Waals surface area contributed by atoms with E-state index in [9.17, 15) is 4.79 Å². The highest BCUT2D eigenvalue weighted by molar-refractivity contribution is 9.10. The lowest BCUT2D eigenvalue weighted by Crippen LogP contribution is -2.38. The Labute approximate surface area is 157 Å². The van der Waals surface area contributed by atoms with Crippen LogP contribution in [-0.4, -0.2) is 25.2 Å². The molecule has 3 rings (SSSR count). The summed E-state index contributed by atoms with van der Waals surface area (Å²) in [6.07, 6.45) is 3.75. The molecular formula is C17H24BrClN2O3. The maximum atomic E-state index is 12.5. The van der Waals surface area contributed by atoms with E-state index in [1.54, 1.807) is 0 Å². The summed E-state index contributed by atoms with van der Waals surface area (Å²) in [5, 5.41) is 3.11. The van der Waals surface area contributed by atoms with Crippen LogP contribution in [-0.2, 0) is 4.79 Å². The molecule has 3 N–H and O–H groups in total. The van der Waals surface area contributed by atoms with E-state index in [1.807, 2.05) is 19.1 Å². The normalized spacial score (nSPS) is 23.8. The van der Waals surface area contributed by atoms with Crippen LogP contribution in [0.1, 0.15) is 44.2 Å². The van der Waals surface area contributed by atoms with Crippen LogP contribution >= 0.6 is 28.3 Å². The van der Waals surface area contributed by atoms with E-state index in [2.05, 4.69) is 21.2 Å². The van der Waals surface area contributed by atoms with Gasteiger partial charge in [0.1, 0.15) is 13.2 Å². The minimum Gasteiger partial charge on any atom is -0.486 e. The van der Waals surface area contributed by atoms with Crippen LogP contribution in [0.4, 0.5) is 0 Å². The summed E-state index contributed by atoms with van der Waals surface area (Å²) in [5.74, 6) is 1.59. The number of amides is 1. The fourth-order valence-electron chi connectivity index (χ4n) is 3.29. The lowest BCUT2D eigenvalue weighted by atomic mass is 9.85. The Balaban J connectivity index is 0.00000208. The van der Waals surface area contributed by atoms with Crippen molar-refractivity contribution in [3.8, 4) is 11.5 Å². The molecule has 0 bridgehead atoms. The molecule has 1 heterocycles. The molecule has 3 unspecified atom stereocenters. The third-order valence-electron chi connectivity index (χ3n) is 4.57. The molecule has 1 fully saturated rings. The van der Waals surface area contributed by atoms with Crippen molar-refractivity contribution >= 4 is 34.2 Å². The number of benzene rings is 1. The minimum absolute atomic E-state index is 0. The molecule has 7 heteroatoms. The summed E-state index contributed by atoms with van der Waals surface area (Å²) < 4.78 is 12.1. The van der Waals surface area contributed by atoms with Gasteiger partial charge in [-0.3, -0.25) is 4.79 Å². The summed E-state index contributed by atoms with van der Waals surface area (Å²) in [5.41, 5.74) is 6.98. The summed E-state index contributed by atoms with van der Waals surface area (Å²) in [7, 11) is 0. The average molecular weight is 420 g/mol. The smallest absolute Gasteiger partial charge is 0.223 e. The van der Waals surface area contributed by atoms with Gasteiger partial charge in [-0.25, -0.2) is 0 Å². The Bertz CT molecular complexity index is 599. The van der Waals surface area contributed by atoms with Crippen molar-refractivity contribution in [2.75, 3.05) is 13.2 Å². The highest BCUT2D eigenvalue weighted by atomic mass is 79.9. The Morgan fingerprint density at radius 3 is 2.62 bits per heavy atom. The van der Waals surface area contributed by atoms with E-state index >= 15 is 0 Å². The lowest BCUT2D eigenvalue weighted by molar-refractivity contribution is -0.126. The second-order valence-electron chi connectivity index (χ2n) is 6.37. The van der Waals surface area contributed by atoms with Gasteiger partial charge in [0.05, 0.1) is 6.04 Å². The van der Waals surface area contributed by atoms with Gasteiger partial charge in [0.2, 0.25) is 5.91 Å². The third-order valence-corrected chi connectivity index (χ3v) is 5.26. The van der Waals surface area contributed by atoms with Crippen molar-refractivity contribution in [3.63, 3.8) is 0 Å². The first kappa shape index (κ1) is 19.3. The molecule has 134 valence electrons. The number of ether oxygens (including phenoxy) is 2. The number of halogens is 2. The monoisotopic (exact) mass is 418 g/mol. The summed E-state index contributed by atoms with van der Waals surface area (Å²) in [4.78, 5) is 12.5. The van der Waals surface area contributed by atoms with Crippen LogP contribution in [0.15, 0.2) is 16.6 Å². The van der Waals surface area contributed by atoms with E-state index in [-0.39, 0.29) is 36.3 Å². The quantitative estimate of drug-likeness (QED) is 0.788. The molecule has 1 amide bonds. The molecule has 0 spiro atoms. The first-order chi connectivity index (χ1) is 11.0. The Hall–Kier alpha value is -0.980. The van der Waals surface area contributed by atoms with E-state index < -0.39 is 0 Å². The van der Waals surface area contributed by atoms with E-state index in [0.717, 1.165) is 47.2 Å². The number of nitrogens with one attached hydrogen (secondary N) is 1. The standard InChI is InChI=1S/C17H23BrN2O3.ClH/c1-10(20-17(21)11-3-2-4-12(19)7-11)13-8-15-16(9-14(13)18)23-6-5-22-15;/h8-12H,2-7,19H2,1H3,(H,20,21);1H. The molecule has 0 aromatic heterocycles. The second-order valence-corrected chi connectivity index (χ2v) is 7.23. The van der Waals surface area contributed by atoms with Crippen LogP contribution in [0.2, 0.25) is 0 Å². The molecule has 1 aliphatic heterocycles. The molecule has 5 nitrogen and oxygen atoms in total. The Morgan fingerprint density at radius 1 is 1.29 bits per heavy atom. The second kappa shape index (κ2) is 8.41. The van der Waals surface area contributed by atoms with Crippen LogP contribution in [0, 0.1) is 5.92 Å². The number of hydrogen-bond donors (Lipinski definition) is 2. The molecule has 2 aliphatic rings. The number of carbonyl (C=O) groups is 1. The fraction of sp³-hybridized carbons (Fsp3) is 0.588. The topological polar surface area (TPSA) is 73.6 Å². The van der Waals surface area contributed by atoms with Crippen LogP contribution in [0.3, 0.4) is 0 Å². The van der Waals surface area contributed by atoms with Gasteiger partial charge in [-0.15, -0.1) is 12.4 Å². The van der Waals surface area contributed by atoms with Crippen molar-refractivity contribution in [1.82, 2.24) is 5.32 Å². The van der Waals surface area contributed by atoms with Gasteiger partial charge in [0, 0.05) is 16.4 Å². The predicted octanol–water partition coefficient (Wildman–Crippen LogP) is 3.34. The van der Waals surface area contributed by atoms with Crippen LogP contribution in [0.5, 0.6) is 11.5 Å². The maximum absolute atomic E-state index is 12.5. The molecule has 3 atom stereocenters. The SMILES string of the molecule is CC(NC(=O)C1CCCC(N)C1)c1cc2c(cc1Br)OCCO2.Cl. The summed E-state index contributed by atoms with van der Waals surface area (Å²) in [6, 6.07) is 3.89. The first-order valence-electron chi connectivity index (χ1n) is 8.19. The van der Waals surface area contributed by atoms with Gasteiger partial charge < -0.3 is 20.5 Å². The van der Waals surface area contributed by atoms with Crippen LogP contribution in [0.25, 0.3) is 0 Å². The average Bonchev–Trinajstić information content (AvgIpc) is 2.54. The van der Waals surface area contributed by atoms with Crippen molar-refractivity contribution in [3.05, 3.63) is 22.2 Å².